The number of hydrogen-bond donors (Lipinski definition) is 2. The Kier molecular flexibility index (Phi) is 6.04. The van der Waals surface area contributed by atoms with E-state index in [1.54, 1.807) is 12.1 Å². The van der Waals surface area contributed by atoms with E-state index in [2.05, 4.69) is 0 Å². The summed E-state index contributed by atoms with van der Waals surface area (Å²) in [7, 11) is 1.49. The molecule has 0 bridgehead atoms. The van der Waals surface area contributed by atoms with Gasteiger partial charge in [-0.05, 0) is 24.8 Å². The molecule has 2 atom stereocenters. The number of aliphatic hydroxyl groups excluding tert-OH is 1. The molecule has 0 radical (unpaired) electrons. The number of halogens is 2. The fourth-order valence-electron chi connectivity index (χ4n) is 2.68. The van der Waals surface area contributed by atoms with Gasteiger partial charge in [-0.15, -0.1) is 12.4 Å². The Bertz CT molecular complexity index is 410. The molecule has 0 aliphatic heterocycles. The molecule has 1 aliphatic carbocycles. The average Bonchev–Trinajstić information content (AvgIpc) is 2.90. The second-order valence-corrected chi connectivity index (χ2v) is 4.95. The molecule has 1 aliphatic rings. The van der Waals surface area contributed by atoms with Crippen molar-refractivity contribution in [1.29, 1.82) is 0 Å². The highest BCUT2D eigenvalue weighted by Crippen LogP contribution is 2.33. The summed E-state index contributed by atoms with van der Waals surface area (Å²) >= 11 is 0. The Morgan fingerprint density at radius 1 is 1.37 bits per heavy atom. The Labute approximate surface area is 119 Å². The van der Waals surface area contributed by atoms with Crippen LogP contribution in [0.25, 0.3) is 0 Å². The number of hydrogen-bond acceptors (Lipinski definition) is 3. The maximum absolute atomic E-state index is 13.9. The molecule has 19 heavy (non-hydrogen) atoms. The maximum Gasteiger partial charge on any atom is 0.131 e. The summed E-state index contributed by atoms with van der Waals surface area (Å²) in [5.74, 6) is 0.235. The second kappa shape index (κ2) is 7.08. The minimum absolute atomic E-state index is 0. The average molecular weight is 290 g/mol. The summed E-state index contributed by atoms with van der Waals surface area (Å²) in [6.45, 7) is 0. The van der Waals surface area contributed by atoms with E-state index in [4.69, 9.17) is 10.5 Å². The van der Waals surface area contributed by atoms with Gasteiger partial charge in [0, 0.05) is 11.6 Å². The van der Waals surface area contributed by atoms with Crippen LogP contribution in [-0.4, -0.2) is 18.3 Å². The molecule has 2 rings (SSSR count). The molecule has 1 aromatic rings. The van der Waals surface area contributed by atoms with Crippen LogP contribution >= 0.6 is 12.4 Å². The fraction of sp³-hybridized carbons (Fsp3) is 0.571. The van der Waals surface area contributed by atoms with Crippen LogP contribution in [0.4, 0.5) is 4.39 Å². The minimum Gasteiger partial charge on any atom is -0.497 e. The number of benzene rings is 1. The van der Waals surface area contributed by atoms with E-state index in [0.29, 0.717) is 11.3 Å². The fourth-order valence-corrected chi connectivity index (χ4v) is 2.68. The smallest absolute Gasteiger partial charge is 0.131 e. The van der Waals surface area contributed by atoms with E-state index in [1.165, 1.54) is 13.2 Å². The van der Waals surface area contributed by atoms with E-state index < -0.39 is 18.0 Å². The Hall–Kier alpha value is -0.840. The highest BCUT2D eigenvalue weighted by molar-refractivity contribution is 5.85. The van der Waals surface area contributed by atoms with E-state index >= 15 is 0 Å². The first-order valence-electron chi connectivity index (χ1n) is 6.40. The van der Waals surface area contributed by atoms with Crippen molar-refractivity contribution in [3.05, 3.63) is 29.6 Å². The second-order valence-electron chi connectivity index (χ2n) is 4.95. The Morgan fingerprint density at radius 3 is 2.53 bits per heavy atom. The summed E-state index contributed by atoms with van der Waals surface area (Å²) < 4.78 is 18.8. The van der Waals surface area contributed by atoms with Gasteiger partial charge in [0.1, 0.15) is 11.6 Å². The SMILES string of the molecule is COc1ccc([C@@H](N)[C@@H](O)C2CCCC2)c(F)c1.Cl. The minimum atomic E-state index is -0.671. The van der Waals surface area contributed by atoms with E-state index in [1.807, 2.05) is 0 Å². The first-order valence-corrected chi connectivity index (χ1v) is 6.40. The lowest BCUT2D eigenvalue weighted by Gasteiger charge is -2.25. The zero-order valence-corrected chi connectivity index (χ0v) is 11.8. The largest absolute Gasteiger partial charge is 0.497 e. The highest BCUT2D eigenvalue weighted by Gasteiger charge is 2.30. The summed E-state index contributed by atoms with van der Waals surface area (Å²) in [5, 5.41) is 10.2. The van der Waals surface area contributed by atoms with Gasteiger partial charge in [0.2, 0.25) is 0 Å². The molecule has 1 fully saturated rings. The third kappa shape index (κ3) is 3.59. The van der Waals surface area contributed by atoms with Gasteiger partial charge in [0.05, 0.1) is 19.3 Å². The maximum atomic E-state index is 13.9. The van der Waals surface area contributed by atoms with Crippen molar-refractivity contribution >= 4 is 12.4 Å². The molecule has 0 saturated heterocycles. The third-order valence-corrected chi connectivity index (χ3v) is 3.82. The zero-order valence-electron chi connectivity index (χ0n) is 11.0. The molecule has 5 heteroatoms. The van der Waals surface area contributed by atoms with Gasteiger partial charge in [-0.2, -0.15) is 0 Å². The molecule has 0 unspecified atom stereocenters. The Balaban J connectivity index is 0.00000180. The van der Waals surface area contributed by atoms with Crippen LogP contribution in [0.3, 0.4) is 0 Å². The lowest BCUT2D eigenvalue weighted by molar-refractivity contribution is 0.0832. The van der Waals surface area contributed by atoms with Gasteiger partial charge in [-0.3, -0.25) is 0 Å². The quantitative estimate of drug-likeness (QED) is 0.896. The monoisotopic (exact) mass is 289 g/mol. The summed E-state index contributed by atoms with van der Waals surface area (Å²) in [4.78, 5) is 0. The molecule has 108 valence electrons. The summed E-state index contributed by atoms with van der Waals surface area (Å²) in [6.07, 6.45) is 3.54. The molecule has 0 heterocycles. The zero-order chi connectivity index (χ0) is 13.1. The highest BCUT2D eigenvalue weighted by atomic mass is 35.5. The molecule has 0 amide bonds. The standard InChI is InChI=1S/C14H20FNO2.ClH/c1-18-10-6-7-11(12(15)8-10)13(16)14(17)9-4-2-3-5-9;/h6-9,13-14,17H,2-5,16H2,1H3;1H/t13-,14+;/m1./s1. The van der Waals surface area contributed by atoms with Crippen molar-refractivity contribution in [3.63, 3.8) is 0 Å². The van der Waals surface area contributed by atoms with Gasteiger partial charge in [-0.1, -0.05) is 18.9 Å². The van der Waals surface area contributed by atoms with Crippen LogP contribution in [0.1, 0.15) is 37.3 Å². The summed E-state index contributed by atoms with van der Waals surface area (Å²) in [6, 6.07) is 3.90. The molecular formula is C14H21ClFNO2. The number of nitrogens with two attached hydrogens (primary N) is 1. The van der Waals surface area contributed by atoms with Crippen LogP contribution in [0.15, 0.2) is 18.2 Å². The van der Waals surface area contributed by atoms with E-state index in [0.717, 1.165) is 25.7 Å². The van der Waals surface area contributed by atoms with Crippen molar-refractivity contribution < 1.29 is 14.2 Å². The van der Waals surface area contributed by atoms with Crippen molar-refractivity contribution in [3.8, 4) is 5.75 Å². The number of aliphatic hydroxyl groups is 1. The first kappa shape index (κ1) is 16.2. The predicted octanol–water partition coefficient (Wildman–Crippen LogP) is 2.81. The lowest BCUT2D eigenvalue weighted by Crippen LogP contribution is -2.32. The van der Waals surface area contributed by atoms with Crippen molar-refractivity contribution in [1.82, 2.24) is 0 Å². The number of methoxy groups -OCH3 is 1. The normalized spacial score (nSPS) is 18.7. The molecule has 0 aromatic heterocycles. The van der Waals surface area contributed by atoms with Gasteiger partial charge < -0.3 is 15.6 Å². The van der Waals surface area contributed by atoms with Crippen LogP contribution in [0, 0.1) is 11.7 Å². The van der Waals surface area contributed by atoms with E-state index in [9.17, 15) is 9.50 Å². The number of rotatable bonds is 4. The lowest BCUT2D eigenvalue weighted by atomic mass is 9.90. The van der Waals surface area contributed by atoms with Gasteiger partial charge >= 0.3 is 0 Å². The van der Waals surface area contributed by atoms with Crippen molar-refractivity contribution in [2.45, 2.75) is 37.8 Å². The first-order chi connectivity index (χ1) is 8.63. The molecule has 3 N–H and O–H groups in total. The van der Waals surface area contributed by atoms with Crippen LogP contribution < -0.4 is 10.5 Å². The van der Waals surface area contributed by atoms with Crippen molar-refractivity contribution in [2.24, 2.45) is 11.7 Å². The van der Waals surface area contributed by atoms with E-state index in [-0.39, 0.29) is 18.3 Å². The molecule has 1 saturated carbocycles. The van der Waals surface area contributed by atoms with Crippen LogP contribution in [0.2, 0.25) is 0 Å². The molecule has 3 nitrogen and oxygen atoms in total. The molecular weight excluding hydrogens is 269 g/mol. The van der Waals surface area contributed by atoms with Crippen molar-refractivity contribution in [2.75, 3.05) is 7.11 Å². The van der Waals surface area contributed by atoms with Crippen LogP contribution in [-0.2, 0) is 0 Å². The Morgan fingerprint density at radius 2 is 2.00 bits per heavy atom. The predicted molar refractivity (Wildman–Crippen MR) is 75.1 cm³/mol. The topological polar surface area (TPSA) is 55.5 Å². The third-order valence-electron chi connectivity index (χ3n) is 3.82. The molecule has 0 spiro atoms. The van der Waals surface area contributed by atoms with Gasteiger partial charge in [-0.25, -0.2) is 4.39 Å². The van der Waals surface area contributed by atoms with Gasteiger partial charge in [0.25, 0.3) is 0 Å². The van der Waals surface area contributed by atoms with Gasteiger partial charge in [0.15, 0.2) is 0 Å². The summed E-state index contributed by atoms with van der Waals surface area (Å²) in [5.41, 5.74) is 6.34. The molecule has 1 aromatic carbocycles. The van der Waals surface area contributed by atoms with Crippen LogP contribution in [0.5, 0.6) is 5.75 Å². The number of ether oxygens (including phenoxy) is 1.